The van der Waals surface area contributed by atoms with E-state index < -0.39 is 0 Å². The van der Waals surface area contributed by atoms with Gasteiger partial charge in [0.2, 0.25) is 0 Å². The smallest absolute Gasteiger partial charge is 0.319 e. The number of carbonyl (C=O) groups excluding carboxylic acids is 1. The Morgan fingerprint density at radius 3 is 2.91 bits per heavy atom. The average Bonchev–Trinajstić information content (AvgIpc) is 2.84. The van der Waals surface area contributed by atoms with Gasteiger partial charge in [0.1, 0.15) is 5.82 Å². The maximum Gasteiger partial charge on any atom is 0.319 e. The molecule has 2 amide bonds. The zero-order valence-electron chi connectivity index (χ0n) is 18.4. The van der Waals surface area contributed by atoms with Gasteiger partial charge in [-0.1, -0.05) is 18.2 Å². The molecule has 3 heterocycles. The van der Waals surface area contributed by atoms with E-state index in [2.05, 4.69) is 20.5 Å². The second-order valence-electron chi connectivity index (χ2n) is 8.10. The molecule has 2 saturated heterocycles. The minimum absolute atomic E-state index is 0.200. The molecule has 1 aromatic carbocycles. The SMILES string of the molecule is O=C(NCc1cccnc1N1CCOCC1)Nc1cccc(COC[C@@H]2CCCCO2)c1. The molecule has 8 heteroatoms. The normalized spacial score (nSPS) is 18.9. The van der Waals surface area contributed by atoms with Crippen LogP contribution in [0.25, 0.3) is 0 Å². The summed E-state index contributed by atoms with van der Waals surface area (Å²) in [7, 11) is 0. The van der Waals surface area contributed by atoms with Crippen LogP contribution in [0.3, 0.4) is 0 Å². The number of anilines is 2. The highest BCUT2D eigenvalue weighted by atomic mass is 16.5. The number of nitrogens with zero attached hydrogens (tertiary/aromatic N) is 2. The molecule has 0 unspecified atom stereocenters. The molecule has 0 radical (unpaired) electrons. The minimum atomic E-state index is -0.254. The van der Waals surface area contributed by atoms with Gasteiger partial charge in [-0.25, -0.2) is 9.78 Å². The van der Waals surface area contributed by atoms with Crippen LogP contribution < -0.4 is 15.5 Å². The Morgan fingerprint density at radius 2 is 2.06 bits per heavy atom. The second kappa shape index (κ2) is 11.8. The number of benzene rings is 1. The van der Waals surface area contributed by atoms with Gasteiger partial charge >= 0.3 is 6.03 Å². The van der Waals surface area contributed by atoms with Crippen molar-refractivity contribution in [2.45, 2.75) is 38.5 Å². The molecule has 32 heavy (non-hydrogen) atoms. The standard InChI is InChI=1S/C24H32N4O4/c29-24(26-16-20-6-4-9-25-23(20)28-10-13-30-14-11-28)27-21-7-3-5-19(15-21)17-31-18-22-8-1-2-12-32-22/h3-7,9,15,22H,1-2,8,10-14,16-18H2,(H2,26,27,29)/t22-/m0/s1. The molecular formula is C24H32N4O4. The second-order valence-corrected chi connectivity index (χ2v) is 8.10. The molecule has 0 spiro atoms. The molecule has 1 aromatic heterocycles. The molecule has 2 N–H and O–H groups in total. The third-order valence-corrected chi connectivity index (χ3v) is 5.65. The Hall–Kier alpha value is -2.68. The van der Waals surface area contributed by atoms with Gasteiger partial charge in [-0.15, -0.1) is 0 Å². The van der Waals surface area contributed by atoms with Gasteiger partial charge in [0.15, 0.2) is 0 Å². The lowest BCUT2D eigenvalue weighted by Gasteiger charge is -2.29. The fourth-order valence-electron chi connectivity index (χ4n) is 3.96. The van der Waals surface area contributed by atoms with Crippen molar-refractivity contribution in [1.29, 1.82) is 0 Å². The lowest BCUT2D eigenvalue weighted by atomic mass is 10.1. The van der Waals surface area contributed by atoms with Crippen LogP contribution in [0.1, 0.15) is 30.4 Å². The maximum atomic E-state index is 12.5. The van der Waals surface area contributed by atoms with Crippen LogP contribution in [-0.2, 0) is 27.4 Å². The average molecular weight is 441 g/mol. The van der Waals surface area contributed by atoms with Gasteiger partial charge in [-0.3, -0.25) is 0 Å². The largest absolute Gasteiger partial charge is 0.378 e. The number of morpholine rings is 1. The van der Waals surface area contributed by atoms with E-state index in [1.807, 2.05) is 36.4 Å². The first kappa shape index (κ1) is 22.5. The van der Waals surface area contributed by atoms with E-state index in [0.29, 0.717) is 33.0 Å². The molecule has 8 nitrogen and oxygen atoms in total. The molecule has 0 saturated carbocycles. The van der Waals surface area contributed by atoms with Gasteiger partial charge in [-0.05, 0) is 43.0 Å². The number of nitrogens with one attached hydrogen (secondary N) is 2. The monoisotopic (exact) mass is 440 g/mol. The minimum Gasteiger partial charge on any atom is -0.378 e. The van der Waals surface area contributed by atoms with E-state index >= 15 is 0 Å². The van der Waals surface area contributed by atoms with Crippen molar-refractivity contribution in [3.8, 4) is 0 Å². The summed E-state index contributed by atoms with van der Waals surface area (Å²) in [6.07, 6.45) is 5.39. The molecule has 0 aliphatic carbocycles. The summed E-state index contributed by atoms with van der Waals surface area (Å²) in [4.78, 5) is 19.2. The van der Waals surface area contributed by atoms with E-state index in [4.69, 9.17) is 14.2 Å². The van der Waals surface area contributed by atoms with E-state index in [1.54, 1.807) is 6.20 Å². The third-order valence-electron chi connectivity index (χ3n) is 5.65. The number of pyridine rings is 1. The highest BCUT2D eigenvalue weighted by Gasteiger charge is 2.16. The molecule has 2 fully saturated rings. The van der Waals surface area contributed by atoms with Gasteiger partial charge in [0.25, 0.3) is 0 Å². The van der Waals surface area contributed by atoms with Gasteiger partial charge in [0, 0.05) is 43.7 Å². The third kappa shape index (κ3) is 6.66. The number of aromatic nitrogens is 1. The van der Waals surface area contributed by atoms with Crippen molar-refractivity contribution < 1.29 is 19.0 Å². The molecule has 4 rings (SSSR count). The Bertz CT molecular complexity index is 867. The summed E-state index contributed by atoms with van der Waals surface area (Å²) < 4.78 is 16.9. The number of amides is 2. The van der Waals surface area contributed by atoms with Gasteiger partial charge in [0.05, 0.1) is 32.5 Å². The highest BCUT2D eigenvalue weighted by molar-refractivity contribution is 5.89. The first-order chi connectivity index (χ1) is 15.8. The fraction of sp³-hybridized carbons (Fsp3) is 0.500. The van der Waals surface area contributed by atoms with Crippen LogP contribution in [0.5, 0.6) is 0 Å². The summed E-state index contributed by atoms with van der Waals surface area (Å²) in [6, 6.07) is 11.3. The Balaban J connectivity index is 1.25. The first-order valence-electron chi connectivity index (χ1n) is 11.4. The molecule has 172 valence electrons. The molecule has 2 aromatic rings. The van der Waals surface area contributed by atoms with Crippen LogP contribution in [-0.4, -0.2) is 56.6 Å². The van der Waals surface area contributed by atoms with Crippen LogP contribution in [0.4, 0.5) is 16.3 Å². The number of rotatable bonds is 8. The van der Waals surface area contributed by atoms with Crippen LogP contribution in [0.15, 0.2) is 42.6 Å². The number of urea groups is 1. The number of carbonyl (C=O) groups is 1. The fourth-order valence-corrected chi connectivity index (χ4v) is 3.96. The first-order valence-corrected chi connectivity index (χ1v) is 11.4. The van der Waals surface area contributed by atoms with E-state index in [9.17, 15) is 4.79 Å². The van der Waals surface area contributed by atoms with Gasteiger partial charge < -0.3 is 29.7 Å². The van der Waals surface area contributed by atoms with Crippen molar-refractivity contribution in [2.24, 2.45) is 0 Å². The van der Waals surface area contributed by atoms with Gasteiger partial charge in [-0.2, -0.15) is 0 Å². The number of hydrogen-bond donors (Lipinski definition) is 2. The molecule has 0 bridgehead atoms. The van der Waals surface area contributed by atoms with Crippen molar-refractivity contribution in [1.82, 2.24) is 10.3 Å². The summed E-state index contributed by atoms with van der Waals surface area (Å²) in [5.41, 5.74) is 2.73. The van der Waals surface area contributed by atoms with Crippen LogP contribution in [0, 0.1) is 0 Å². The van der Waals surface area contributed by atoms with E-state index in [-0.39, 0.29) is 12.1 Å². The maximum absolute atomic E-state index is 12.5. The predicted octanol–water partition coefficient (Wildman–Crippen LogP) is 3.33. The Morgan fingerprint density at radius 1 is 1.16 bits per heavy atom. The Kier molecular flexibility index (Phi) is 8.30. The van der Waals surface area contributed by atoms with E-state index in [1.165, 1.54) is 6.42 Å². The lowest BCUT2D eigenvalue weighted by Crippen LogP contribution is -2.38. The predicted molar refractivity (Wildman–Crippen MR) is 123 cm³/mol. The highest BCUT2D eigenvalue weighted by Crippen LogP contribution is 2.19. The number of hydrogen-bond acceptors (Lipinski definition) is 6. The summed E-state index contributed by atoms with van der Waals surface area (Å²) in [5, 5.41) is 5.84. The van der Waals surface area contributed by atoms with Crippen LogP contribution in [0.2, 0.25) is 0 Å². The Labute approximate surface area is 189 Å². The molecule has 2 aliphatic heterocycles. The summed E-state index contributed by atoms with van der Waals surface area (Å²) in [5.74, 6) is 0.900. The van der Waals surface area contributed by atoms with Crippen molar-refractivity contribution in [3.05, 3.63) is 53.7 Å². The lowest BCUT2D eigenvalue weighted by molar-refractivity contribution is -0.0447. The number of ether oxygens (including phenoxy) is 3. The zero-order valence-corrected chi connectivity index (χ0v) is 18.4. The summed E-state index contributed by atoms with van der Waals surface area (Å²) in [6.45, 7) is 5.32. The van der Waals surface area contributed by atoms with Crippen molar-refractivity contribution in [3.63, 3.8) is 0 Å². The van der Waals surface area contributed by atoms with Crippen LogP contribution >= 0.6 is 0 Å². The van der Waals surface area contributed by atoms with Crippen molar-refractivity contribution in [2.75, 3.05) is 49.7 Å². The quantitative estimate of drug-likeness (QED) is 0.655. The van der Waals surface area contributed by atoms with Crippen molar-refractivity contribution >= 4 is 17.5 Å². The topological polar surface area (TPSA) is 85.0 Å². The molecular weight excluding hydrogens is 408 g/mol. The molecule has 1 atom stereocenters. The van der Waals surface area contributed by atoms with E-state index in [0.717, 1.165) is 55.2 Å². The molecule has 2 aliphatic rings. The zero-order chi connectivity index (χ0) is 22.0. The summed E-state index contributed by atoms with van der Waals surface area (Å²) >= 11 is 0.